The van der Waals surface area contributed by atoms with Crippen LogP contribution in [0, 0.1) is 0 Å². The molecule has 0 aromatic heterocycles. The fourth-order valence-electron chi connectivity index (χ4n) is 3.44. The van der Waals surface area contributed by atoms with Crippen molar-refractivity contribution in [3.05, 3.63) is 46.9 Å². The number of thiocarbonyl (C=S) groups is 1. The molecule has 2 amide bonds. The lowest BCUT2D eigenvalue weighted by Gasteiger charge is -2.14. The molecule has 10 heteroatoms. The largest absolute Gasteiger partial charge is 0.454 e. The average molecular weight is 471 g/mol. The molecule has 164 valence electrons. The maximum absolute atomic E-state index is 12.8. The first-order valence-corrected chi connectivity index (χ1v) is 11.1. The minimum Gasteiger partial charge on any atom is -0.454 e. The van der Waals surface area contributed by atoms with Gasteiger partial charge in [0.2, 0.25) is 19.5 Å². The van der Waals surface area contributed by atoms with Crippen molar-refractivity contribution in [1.82, 2.24) is 4.90 Å². The quantitative estimate of drug-likeness (QED) is 0.505. The van der Waals surface area contributed by atoms with Crippen molar-refractivity contribution in [2.24, 2.45) is 0 Å². The highest BCUT2D eigenvalue weighted by Crippen LogP contribution is 2.37. The van der Waals surface area contributed by atoms with Crippen molar-refractivity contribution in [2.75, 3.05) is 25.4 Å². The van der Waals surface area contributed by atoms with Crippen LogP contribution in [0.4, 0.5) is 5.69 Å². The normalized spacial score (nSPS) is 17.4. The van der Waals surface area contributed by atoms with E-state index in [2.05, 4.69) is 5.32 Å². The Morgan fingerprint density at radius 1 is 1.03 bits per heavy atom. The minimum atomic E-state index is -0.158. The van der Waals surface area contributed by atoms with Crippen LogP contribution in [0.5, 0.6) is 23.0 Å². The lowest BCUT2D eigenvalue weighted by molar-refractivity contribution is -0.122. The summed E-state index contributed by atoms with van der Waals surface area (Å²) < 4.78 is 21.8. The van der Waals surface area contributed by atoms with Gasteiger partial charge < -0.3 is 24.3 Å². The number of fused-ring (bicyclic) bond motifs is 2. The van der Waals surface area contributed by atoms with Crippen LogP contribution < -0.4 is 24.3 Å². The van der Waals surface area contributed by atoms with Gasteiger partial charge in [-0.2, -0.15) is 0 Å². The molecule has 0 atom stereocenters. The first-order chi connectivity index (χ1) is 15.6. The second kappa shape index (κ2) is 8.71. The summed E-state index contributed by atoms with van der Waals surface area (Å²) in [4.78, 5) is 27.2. The molecule has 3 aliphatic rings. The van der Waals surface area contributed by atoms with E-state index in [0.717, 1.165) is 5.56 Å². The molecule has 0 saturated carbocycles. The van der Waals surface area contributed by atoms with Crippen molar-refractivity contribution in [3.8, 4) is 23.0 Å². The van der Waals surface area contributed by atoms with Crippen LogP contribution in [-0.2, 0) is 9.59 Å². The molecule has 0 spiro atoms. The molecule has 2 aromatic rings. The fraction of sp³-hybridized carbons (Fsp3) is 0.227. The highest BCUT2D eigenvalue weighted by Gasteiger charge is 2.31. The van der Waals surface area contributed by atoms with E-state index in [9.17, 15) is 9.59 Å². The Morgan fingerprint density at radius 2 is 1.72 bits per heavy atom. The number of nitrogens with one attached hydrogen (secondary N) is 1. The molecule has 2 aromatic carbocycles. The summed E-state index contributed by atoms with van der Waals surface area (Å²) in [5.74, 6) is 2.30. The first kappa shape index (κ1) is 20.7. The van der Waals surface area contributed by atoms with Crippen molar-refractivity contribution in [2.45, 2.75) is 12.8 Å². The number of thioether (sulfide) groups is 1. The highest BCUT2D eigenvalue weighted by atomic mass is 32.2. The van der Waals surface area contributed by atoms with E-state index in [-0.39, 0.29) is 31.8 Å². The molecule has 5 rings (SSSR count). The zero-order valence-electron chi connectivity index (χ0n) is 16.8. The van der Waals surface area contributed by atoms with Gasteiger partial charge in [0, 0.05) is 24.7 Å². The Kier molecular flexibility index (Phi) is 5.62. The molecule has 1 fully saturated rings. The predicted octanol–water partition coefficient (Wildman–Crippen LogP) is 3.76. The van der Waals surface area contributed by atoms with Crippen molar-refractivity contribution in [3.63, 3.8) is 0 Å². The number of carbonyl (C=O) groups is 2. The van der Waals surface area contributed by atoms with E-state index in [4.69, 9.17) is 31.2 Å². The molecule has 3 heterocycles. The van der Waals surface area contributed by atoms with E-state index in [1.54, 1.807) is 24.3 Å². The number of anilines is 1. The minimum absolute atomic E-state index is 0.148. The number of rotatable bonds is 6. The topological polar surface area (TPSA) is 86.3 Å². The lowest BCUT2D eigenvalue weighted by atomic mass is 10.2. The summed E-state index contributed by atoms with van der Waals surface area (Å²) in [5, 5.41) is 2.83. The Bertz CT molecular complexity index is 1150. The van der Waals surface area contributed by atoms with Gasteiger partial charge in [-0.25, -0.2) is 0 Å². The highest BCUT2D eigenvalue weighted by molar-refractivity contribution is 8.26. The third kappa shape index (κ3) is 4.23. The molecule has 1 N–H and O–H groups in total. The van der Waals surface area contributed by atoms with Crippen molar-refractivity contribution < 1.29 is 28.5 Å². The molecule has 0 unspecified atom stereocenters. The molecular weight excluding hydrogens is 452 g/mol. The molecule has 1 saturated heterocycles. The molecule has 8 nitrogen and oxygen atoms in total. The molecular formula is C22H18N2O6S2. The van der Waals surface area contributed by atoms with E-state index in [0.29, 0.717) is 50.9 Å². The summed E-state index contributed by atoms with van der Waals surface area (Å²) in [6.45, 7) is 0.750. The third-order valence-electron chi connectivity index (χ3n) is 5.01. The van der Waals surface area contributed by atoms with E-state index in [1.165, 1.54) is 16.7 Å². The van der Waals surface area contributed by atoms with Crippen LogP contribution in [0.15, 0.2) is 41.3 Å². The zero-order valence-corrected chi connectivity index (χ0v) is 18.4. The van der Waals surface area contributed by atoms with Gasteiger partial charge in [-0.15, -0.1) is 0 Å². The van der Waals surface area contributed by atoms with Crippen LogP contribution in [0.2, 0.25) is 0 Å². The third-order valence-corrected chi connectivity index (χ3v) is 6.39. The summed E-state index contributed by atoms with van der Waals surface area (Å²) in [5.41, 5.74) is 1.47. The number of carbonyl (C=O) groups excluding carboxylic acids is 2. The SMILES string of the molecule is O=C(CCCN1C(=O)/C(=C/c2ccc3c(c2)OCO3)SC1=S)Nc1ccc2c(c1)OCO2. The Morgan fingerprint density at radius 3 is 2.50 bits per heavy atom. The number of hydrogen-bond acceptors (Lipinski definition) is 8. The zero-order chi connectivity index (χ0) is 22.1. The van der Waals surface area contributed by atoms with Crippen molar-refractivity contribution in [1.29, 1.82) is 0 Å². The maximum atomic E-state index is 12.8. The molecule has 0 radical (unpaired) electrons. The van der Waals surface area contributed by atoms with E-state index in [1.807, 2.05) is 18.2 Å². The molecule has 3 aliphatic heterocycles. The first-order valence-electron chi connectivity index (χ1n) is 9.91. The van der Waals surface area contributed by atoms with Crippen LogP contribution >= 0.6 is 24.0 Å². The predicted molar refractivity (Wildman–Crippen MR) is 123 cm³/mol. The van der Waals surface area contributed by atoms with Crippen LogP contribution in [0.3, 0.4) is 0 Å². The Labute approximate surface area is 193 Å². The van der Waals surface area contributed by atoms with Crippen LogP contribution in [0.1, 0.15) is 18.4 Å². The van der Waals surface area contributed by atoms with Gasteiger partial charge in [-0.1, -0.05) is 30.0 Å². The second-order valence-electron chi connectivity index (χ2n) is 7.17. The lowest BCUT2D eigenvalue weighted by Crippen LogP contribution is -2.29. The Balaban J connectivity index is 1.15. The number of benzene rings is 2. The summed E-state index contributed by atoms with van der Waals surface area (Å²) in [6, 6.07) is 10.7. The van der Waals surface area contributed by atoms with Gasteiger partial charge in [0.1, 0.15) is 4.32 Å². The smallest absolute Gasteiger partial charge is 0.266 e. The van der Waals surface area contributed by atoms with Gasteiger partial charge in [-0.3, -0.25) is 14.5 Å². The van der Waals surface area contributed by atoms with Crippen LogP contribution in [0.25, 0.3) is 6.08 Å². The number of hydrogen-bond donors (Lipinski definition) is 1. The Hall–Kier alpha value is -3.24. The molecule has 32 heavy (non-hydrogen) atoms. The standard InChI is InChI=1S/C22H18N2O6S2/c25-20(23-14-4-6-16-18(10-14)30-12-28-16)2-1-7-24-21(26)19(32-22(24)31)9-13-3-5-15-17(8-13)29-11-27-15/h3-6,8-10H,1-2,7,11-12H2,(H,23,25)/b19-9-. The van der Waals surface area contributed by atoms with Gasteiger partial charge in [0.15, 0.2) is 23.0 Å². The number of amides is 2. The van der Waals surface area contributed by atoms with Gasteiger partial charge in [-0.05, 0) is 42.3 Å². The number of ether oxygens (including phenoxy) is 4. The van der Waals surface area contributed by atoms with E-state index >= 15 is 0 Å². The van der Waals surface area contributed by atoms with E-state index < -0.39 is 0 Å². The second-order valence-corrected chi connectivity index (χ2v) is 8.84. The fourth-order valence-corrected chi connectivity index (χ4v) is 4.75. The summed E-state index contributed by atoms with van der Waals surface area (Å²) in [6.07, 6.45) is 2.53. The maximum Gasteiger partial charge on any atom is 0.266 e. The average Bonchev–Trinajstić information content (AvgIpc) is 3.49. The summed E-state index contributed by atoms with van der Waals surface area (Å²) in [7, 11) is 0. The molecule has 0 bridgehead atoms. The molecule has 0 aliphatic carbocycles. The number of nitrogens with zero attached hydrogens (tertiary/aromatic N) is 1. The van der Waals surface area contributed by atoms with Crippen molar-refractivity contribution >= 4 is 51.9 Å². The monoisotopic (exact) mass is 470 g/mol. The summed E-state index contributed by atoms with van der Waals surface area (Å²) >= 11 is 6.63. The van der Waals surface area contributed by atoms with Crippen LogP contribution in [-0.4, -0.2) is 41.2 Å². The van der Waals surface area contributed by atoms with Gasteiger partial charge in [0.25, 0.3) is 5.91 Å². The van der Waals surface area contributed by atoms with Gasteiger partial charge in [0.05, 0.1) is 4.91 Å². The van der Waals surface area contributed by atoms with Gasteiger partial charge >= 0.3 is 0 Å².